The zero-order valence-electron chi connectivity index (χ0n) is 13.1. The van der Waals surface area contributed by atoms with E-state index in [0.717, 1.165) is 0 Å². The number of carbonyl (C=O) groups is 1. The summed E-state index contributed by atoms with van der Waals surface area (Å²) >= 11 is 12.1. The van der Waals surface area contributed by atoms with E-state index < -0.39 is 0 Å². The van der Waals surface area contributed by atoms with Crippen LogP contribution in [0.2, 0.25) is 10.0 Å². The molecule has 0 saturated carbocycles. The topological polar surface area (TPSA) is 80.9 Å². The molecule has 6 nitrogen and oxygen atoms in total. The smallest absolute Gasteiger partial charge is 0.255 e. The molecule has 2 heterocycles. The average molecular weight is 385 g/mol. The van der Waals surface area contributed by atoms with E-state index in [1.165, 1.54) is 12.4 Å². The van der Waals surface area contributed by atoms with Crippen molar-refractivity contribution < 1.29 is 9.21 Å². The van der Waals surface area contributed by atoms with E-state index in [0.29, 0.717) is 43.9 Å². The molecule has 2 aromatic carbocycles. The van der Waals surface area contributed by atoms with Gasteiger partial charge in [0.1, 0.15) is 5.52 Å². The quantitative estimate of drug-likeness (QED) is 0.546. The van der Waals surface area contributed by atoms with E-state index in [9.17, 15) is 4.79 Å². The third-order valence-electron chi connectivity index (χ3n) is 3.60. The molecule has 0 aliphatic heterocycles. The van der Waals surface area contributed by atoms with E-state index in [1.54, 1.807) is 42.5 Å². The Labute approximate surface area is 157 Å². The van der Waals surface area contributed by atoms with Crippen LogP contribution in [0.3, 0.4) is 0 Å². The summed E-state index contributed by atoms with van der Waals surface area (Å²) < 4.78 is 5.77. The molecular formula is C18H10Cl2N4O2. The van der Waals surface area contributed by atoms with Crippen LogP contribution in [0, 0.1) is 0 Å². The van der Waals surface area contributed by atoms with Crippen LogP contribution in [-0.2, 0) is 0 Å². The molecule has 0 fully saturated rings. The standard InChI is InChI=1S/C18H10Cl2N4O2/c19-12-5-11(6-13(20)8-12)18-24-15-2-1-10(7-16(15)26-18)17(25)23-14-3-4-21-22-9-14/h1-9H,(H,21,23,25). The van der Waals surface area contributed by atoms with Gasteiger partial charge in [-0.15, -0.1) is 0 Å². The normalized spacial score (nSPS) is 10.8. The molecule has 1 amide bonds. The summed E-state index contributed by atoms with van der Waals surface area (Å²) in [5.74, 6) is 0.0870. The molecule has 0 bridgehead atoms. The number of nitrogens with zero attached hydrogens (tertiary/aromatic N) is 3. The number of fused-ring (bicyclic) bond motifs is 1. The van der Waals surface area contributed by atoms with E-state index in [-0.39, 0.29) is 5.91 Å². The number of hydrogen-bond donors (Lipinski definition) is 1. The zero-order valence-corrected chi connectivity index (χ0v) is 14.6. The number of hydrogen-bond acceptors (Lipinski definition) is 5. The fourth-order valence-corrected chi connectivity index (χ4v) is 2.96. The molecule has 0 saturated heterocycles. The van der Waals surface area contributed by atoms with Crippen molar-refractivity contribution in [3.8, 4) is 11.5 Å². The Kier molecular flexibility index (Phi) is 4.28. The highest BCUT2D eigenvalue weighted by Gasteiger charge is 2.13. The van der Waals surface area contributed by atoms with E-state index in [4.69, 9.17) is 27.6 Å². The molecule has 0 spiro atoms. The number of oxazole rings is 1. The van der Waals surface area contributed by atoms with Gasteiger partial charge in [0.15, 0.2) is 5.58 Å². The molecule has 128 valence electrons. The fourth-order valence-electron chi connectivity index (χ4n) is 2.43. The maximum Gasteiger partial charge on any atom is 0.255 e. The number of aromatic nitrogens is 3. The summed E-state index contributed by atoms with van der Waals surface area (Å²) in [6.45, 7) is 0. The number of rotatable bonds is 3. The summed E-state index contributed by atoms with van der Waals surface area (Å²) in [6.07, 6.45) is 2.96. The van der Waals surface area contributed by atoms with Gasteiger partial charge in [-0.25, -0.2) is 4.98 Å². The predicted octanol–water partition coefficient (Wildman–Crippen LogP) is 4.84. The van der Waals surface area contributed by atoms with E-state index >= 15 is 0 Å². The van der Waals surface area contributed by atoms with E-state index in [2.05, 4.69) is 20.5 Å². The zero-order chi connectivity index (χ0) is 18.1. The fraction of sp³-hybridized carbons (Fsp3) is 0. The molecule has 0 unspecified atom stereocenters. The van der Waals surface area contributed by atoms with Gasteiger partial charge >= 0.3 is 0 Å². The summed E-state index contributed by atoms with van der Waals surface area (Å²) in [7, 11) is 0. The van der Waals surface area contributed by atoms with Crippen molar-refractivity contribution in [2.75, 3.05) is 5.32 Å². The Morgan fingerprint density at radius 3 is 2.54 bits per heavy atom. The van der Waals surface area contributed by atoms with Crippen molar-refractivity contribution in [3.05, 3.63) is 70.5 Å². The van der Waals surface area contributed by atoms with Crippen LogP contribution >= 0.6 is 23.2 Å². The van der Waals surface area contributed by atoms with Crippen molar-refractivity contribution in [1.29, 1.82) is 0 Å². The Bertz CT molecular complexity index is 1090. The minimum Gasteiger partial charge on any atom is -0.436 e. The van der Waals surface area contributed by atoms with Gasteiger partial charge in [-0.1, -0.05) is 23.2 Å². The number of halogens is 2. The molecule has 4 aromatic rings. The second-order valence-corrected chi connectivity index (χ2v) is 6.32. The highest BCUT2D eigenvalue weighted by Crippen LogP contribution is 2.29. The number of anilines is 1. The maximum atomic E-state index is 12.4. The van der Waals surface area contributed by atoms with Crippen molar-refractivity contribution in [2.24, 2.45) is 0 Å². The Balaban J connectivity index is 1.66. The van der Waals surface area contributed by atoms with Crippen molar-refractivity contribution in [3.63, 3.8) is 0 Å². The lowest BCUT2D eigenvalue weighted by Gasteiger charge is -2.03. The number of carbonyl (C=O) groups excluding carboxylic acids is 1. The van der Waals surface area contributed by atoms with Gasteiger partial charge < -0.3 is 9.73 Å². The molecule has 4 rings (SSSR count). The first kappa shape index (κ1) is 16.5. The molecule has 1 N–H and O–H groups in total. The maximum absolute atomic E-state index is 12.4. The van der Waals surface area contributed by atoms with Gasteiger partial charge in [-0.3, -0.25) is 4.79 Å². The highest BCUT2D eigenvalue weighted by atomic mass is 35.5. The Hall–Kier alpha value is -2.96. The average Bonchev–Trinajstić information content (AvgIpc) is 3.05. The van der Waals surface area contributed by atoms with Crippen molar-refractivity contribution in [1.82, 2.24) is 15.2 Å². The van der Waals surface area contributed by atoms with Crippen LogP contribution in [-0.4, -0.2) is 21.1 Å². The number of amides is 1. The monoisotopic (exact) mass is 384 g/mol. The lowest BCUT2D eigenvalue weighted by molar-refractivity contribution is 0.102. The van der Waals surface area contributed by atoms with Crippen LogP contribution in [0.25, 0.3) is 22.6 Å². The predicted molar refractivity (Wildman–Crippen MR) is 99.5 cm³/mol. The molecule has 8 heteroatoms. The van der Waals surface area contributed by atoms with Gasteiger partial charge in [0.05, 0.1) is 18.1 Å². The van der Waals surface area contributed by atoms with Gasteiger partial charge in [0, 0.05) is 21.2 Å². The molecular weight excluding hydrogens is 375 g/mol. The molecule has 0 radical (unpaired) electrons. The Morgan fingerprint density at radius 1 is 1.00 bits per heavy atom. The van der Waals surface area contributed by atoms with Crippen LogP contribution in [0.1, 0.15) is 10.4 Å². The first-order chi connectivity index (χ1) is 12.6. The second kappa shape index (κ2) is 6.74. The molecule has 2 aromatic heterocycles. The first-order valence-corrected chi connectivity index (χ1v) is 8.29. The largest absolute Gasteiger partial charge is 0.436 e. The lowest BCUT2D eigenvalue weighted by Crippen LogP contribution is -2.11. The number of nitrogens with one attached hydrogen (secondary N) is 1. The lowest BCUT2D eigenvalue weighted by atomic mass is 10.2. The Morgan fingerprint density at radius 2 is 1.81 bits per heavy atom. The van der Waals surface area contributed by atoms with Gasteiger partial charge in [0.2, 0.25) is 5.89 Å². The third kappa shape index (κ3) is 3.37. The summed E-state index contributed by atoms with van der Waals surface area (Å²) in [4.78, 5) is 16.8. The van der Waals surface area contributed by atoms with Gasteiger partial charge in [-0.2, -0.15) is 10.2 Å². The summed E-state index contributed by atoms with van der Waals surface area (Å²) in [5, 5.41) is 11.1. The first-order valence-electron chi connectivity index (χ1n) is 7.53. The van der Waals surface area contributed by atoms with Crippen LogP contribution in [0.15, 0.2) is 59.3 Å². The molecule has 0 aliphatic rings. The van der Waals surface area contributed by atoms with Crippen LogP contribution < -0.4 is 5.32 Å². The minimum absolute atomic E-state index is 0.288. The minimum atomic E-state index is -0.288. The summed E-state index contributed by atoms with van der Waals surface area (Å²) in [6, 6.07) is 11.7. The van der Waals surface area contributed by atoms with Gasteiger partial charge in [0.25, 0.3) is 5.91 Å². The summed E-state index contributed by atoms with van der Waals surface area (Å²) in [5.41, 5.74) is 2.75. The highest BCUT2D eigenvalue weighted by molar-refractivity contribution is 6.35. The van der Waals surface area contributed by atoms with Crippen molar-refractivity contribution >= 4 is 45.9 Å². The number of benzene rings is 2. The van der Waals surface area contributed by atoms with Crippen LogP contribution in [0.5, 0.6) is 0 Å². The van der Waals surface area contributed by atoms with Gasteiger partial charge in [-0.05, 0) is 42.5 Å². The van der Waals surface area contributed by atoms with Crippen molar-refractivity contribution in [2.45, 2.75) is 0 Å². The molecule has 26 heavy (non-hydrogen) atoms. The van der Waals surface area contributed by atoms with Crippen LogP contribution in [0.4, 0.5) is 5.69 Å². The van der Waals surface area contributed by atoms with E-state index in [1.807, 2.05) is 0 Å². The molecule has 0 aliphatic carbocycles. The SMILES string of the molecule is O=C(Nc1ccnnc1)c1ccc2nc(-c3cc(Cl)cc(Cl)c3)oc2c1. The third-order valence-corrected chi connectivity index (χ3v) is 4.04. The molecule has 0 atom stereocenters. The second-order valence-electron chi connectivity index (χ2n) is 5.44.